The summed E-state index contributed by atoms with van der Waals surface area (Å²) in [5.74, 6) is 1.27. The lowest BCUT2D eigenvalue weighted by Crippen LogP contribution is -2.20. The van der Waals surface area contributed by atoms with Gasteiger partial charge in [-0.25, -0.2) is 0 Å². The van der Waals surface area contributed by atoms with E-state index in [-0.39, 0.29) is 18.3 Å². The van der Waals surface area contributed by atoms with Gasteiger partial charge >= 0.3 is 0 Å². The third-order valence-corrected chi connectivity index (χ3v) is 5.11. The van der Waals surface area contributed by atoms with E-state index in [4.69, 9.17) is 16.6 Å². The van der Waals surface area contributed by atoms with Crippen molar-refractivity contribution in [2.45, 2.75) is 25.3 Å². The molecule has 0 spiro atoms. The molecule has 0 radical (unpaired) electrons. The van der Waals surface area contributed by atoms with E-state index in [9.17, 15) is 0 Å². The summed E-state index contributed by atoms with van der Waals surface area (Å²) in [6, 6.07) is 27.0. The number of aliphatic imine (C=N–C) groups is 1. The summed E-state index contributed by atoms with van der Waals surface area (Å²) >= 11 is 6.09. The lowest BCUT2D eigenvalue weighted by Gasteiger charge is -2.18. The fourth-order valence-electron chi connectivity index (χ4n) is 3.45. The Bertz CT molecular complexity index is 905. The van der Waals surface area contributed by atoms with Gasteiger partial charge in [0.1, 0.15) is 5.84 Å². The van der Waals surface area contributed by atoms with E-state index in [1.54, 1.807) is 0 Å². The number of aryl methyl sites for hydroxylation is 1. The molecule has 0 saturated heterocycles. The Morgan fingerprint density at radius 3 is 2.37 bits per heavy atom. The number of hydrogen-bond donors (Lipinski definition) is 1. The second-order valence-corrected chi connectivity index (χ2v) is 7.05. The molecule has 1 atom stereocenters. The third-order valence-electron chi connectivity index (χ3n) is 4.86. The second kappa shape index (κ2) is 9.07. The summed E-state index contributed by atoms with van der Waals surface area (Å²) in [6.07, 6.45) is 2.06. The zero-order valence-corrected chi connectivity index (χ0v) is 16.5. The zero-order chi connectivity index (χ0) is 17.8. The standard InChI is InChI=1S/C23H21ClN2.ClH/c24-20-13-10-18(11-14-20)21-15-12-19-8-4-5-9-22(19)26-23(21)25-16-17-6-2-1-3-7-17;/h1-11,13-14,21H,12,15-16H2,(H,25,26);1H. The molecule has 4 heteroatoms. The fraction of sp³-hybridized carbons (Fsp3) is 0.174. The van der Waals surface area contributed by atoms with Gasteiger partial charge in [-0.3, -0.25) is 4.99 Å². The maximum atomic E-state index is 6.09. The van der Waals surface area contributed by atoms with Gasteiger partial charge in [-0.15, -0.1) is 12.4 Å². The van der Waals surface area contributed by atoms with Gasteiger partial charge in [0.05, 0.1) is 6.54 Å². The Labute approximate surface area is 171 Å². The molecule has 1 heterocycles. The van der Waals surface area contributed by atoms with E-state index in [2.05, 4.69) is 66.0 Å². The van der Waals surface area contributed by atoms with Gasteiger partial charge in [0.15, 0.2) is 0 Å². The molecule has 0 amide bonds. The van der Waals surface area contributed by atoms with E-state index in [1.807, 2.05) is 18.2 Å². The van der Waals surface area contributed by atoms with Crippen LogP contribution in [0.2, 0.25) is 5.02 Å². The SMILES string of the molecule is Cl.Clc1ccc(C2CCc3ccccc3NC2=NCc2ccccc2)cc1. The molecular formula is C23H22Cl2N2. The first-order valence-electron chi connectivity index (χ1n) is 8.98. The van der Waals surface area contributed by atoms with Crippen molar-refractivity contribution in [3.63, 3.8) is 0 Å². The zero-order valence-electron chi connectivity index (χ0n) is 14.9. The molecule has 3 aromatic rings. The Balaban J connectivity index is 0.00000210. The summed E-state index contributed by atoms with van der Waals surface area (Å²) in [5.41, 5.74) is 4.97. The number of hydrogen-bond acceptors (Lipinski definition) is 1. The number of para-hydroxylation sites is 1. The van der Waals surface area contributed by atoms with Crippen LogP contribution in [0.3, 0.4) is 0 Å². The van der Waals surface area contributed by atoms with Crippen LogP contribution in [0.15, 0.2) is 83.9 Å². The Hall–Kier alpha value is -2.29. The van der Waals surface area contributed by atoms with E-state index in [0.29, 0.717) is 6.54 Å². The molecule has 27 heavy (non-hydrogen) atoms. The number of fused-ring (bicyclic) bond motifs is 1. The monoisotopic (exact) mass is 396 g/mol. The maximum absolute atomic E-state index is 6.09. The largest absolute Gasteiger partial charge is 0.343 e. The van der Waals surface area contributed by atoms with Crippen LogP contribution >= 0.6 is 24.0 Å². The number of anilines is 1. The van der Waals surface area contributed by atoms with Crippen LogP contribution in [0.1, 0.15) is 29.0 Å². The van der Waals surface area contributed by atoms with Crippen LogP contribution < -0.4 is 5.32 Å². The van der Waals surface area contributed by atoms with E-state index >= 15 is 0 Å². The highest BCUT2D eigenvalue weighted by Gasteiger charge is 2.23. The minimum absolute atomic E-state index is 0. The molecule has 1 unspecified atom stereocenters. The minimum atomic E-state index is 0. The van der Waals surface area contributed by atoms with E-state index in [1.165, 1.54) is 16.7 Å². The smallest absolute Gasteiger partial charge is 0.109 e. The number of halogens is 2. The van der Waals surface area contributed by atoms with Crippen molar-refractivity contribution in [1.82, 2.24) is 0 Å². The maximum Gasteiger partial charge on any atom is 0.109 e. The van der Waals surface area contributed by atoms with Crippen molar-refractivity contribution in [1.29, 1.82) is 0 Å². The van der Waals surface area contributed by atoms with Crippen molar-refractivity contribution < 1.29 is 0 Å². The molecule has 0 aromatic heterocycles. The fourth-order valence-corrected chi connectivity index (χ4v) is 3.58. The van der Waals surface area contributed by atoms with Crippen molar-refractivity contribution >= 4 is 35.5 Å². The summed E-state index contributed by atoms with van der Waals surface area (Å²) in [6.45, 7) is 0.676. The Kier molecular flexibility index (Phi) is 6.54. The van der Waals surface area contributed by atoms with Crippen molar-refractivity contribution in [3.8, 4) is 0 Å². The van der Waals surface area contributed by atoms with Gasteiger partial charge in [-0.2, -0.15) is 0 Å². The highest BCUT2D eigenvalue weighted by Crippen LogP contribution is 2.31. The summed E-state index contributed by atoms with van der Waals surface area (Å²) < 4.78 is 0. The number of benzene rings is 3. The van der Waals surface area contributed by atoms with Gasteiger partial charge in [-0.05, 0) is 47.7 Å². The molecule has 2 nitrogen and oxygen atoms in total. The summed E-state index contributed by atoms with van der Waals surface area (Å²) in [5, 5.41) is 4.38. The second-order valence-electron chi connectivity index (χ2n) is 6.61. The van der Waals surface area contributed by atoms with Crippen LogP contribution in [-0.4, -0.2) is 5.84 Å². The molecule has 3 aromatic carbocycles. The summed E-state index contributed by atoms with van der Waals surface area (Å²) in [4.78, 5) is 4.97. The van der Waals surface area contributed by atoms with Crippen LogP contribution in [0.5, 0.6) is 0 Å². The highest BCUT2D eigenvalue weighted by atomic mass is 35.5. The van der Waals surface area contributed by atoms with Crippen molar-refractivity contribution in [2.75, 3.05) is 5.32 Å². The molecule has 4 rings (SSSR count). The topological polar surface area (TPSA) is 24.4 Å². The molecule has 1 aliphatic rings. The first kappa shape index (κ1) is 19.5. The van der Waals surface area contributed by atoms with Crippen LogP contribution in [-0.2, 0) is 13.0 Å². The molecule has 0 saturated carbocycles. The lowest BCUT2D eigenvalue weighted by atomic mass is 9.92. The first-order valence-corrected chi connectivity index (χ1v) is 9.36. The number of amidine groups is 1. The van der Waals surface area contributed by atoms with Crippen LogP contribution in [0.25, 0.3) is 0 Å². The predicted molar refractivity (Wildman–Crippen MR) is 117 cm³/mol. The van der Waals surface area contributed by atoms with Crippen molar-refractivity contribution in [2.24, 2.45) is 4.99 Å². The van der Waals surface area contributed by atoms with Gasteiger partial charge in [0.25, 0.3) is 0 Å². The molecule has 0 fully saturated rings. The molecule has 0 aliphatic carbocycles. The van der Waals surface area contributed by atoms with E-state index < -0.39 is 0 Å². The number of nitrogens with one attached hydrogen (secondary N) is 1. The molecular weight excluding hydrogens is 375 g/mol. The average Bonchev–Trinajstić information content (AvgIpc) is 2.87. The Morgan fingerprint density at radius 2 is 1.59 bits per heavy atom. The van der Waals surface area contributed by atoms with Gasteiger partial charge in [0.2, 0.25) is 0 Å². The quantitative estimate of drug-likeness (QED) is 0.536. The van der Waals surface area contributed by atoms with Crippen LogP contribution in [0.4, 0.5) is 5.69 Å². The van der Waals surface area contributed by atoms with E-state index in [0.717, 1.165) is 29.4 Å². The highest BCUT2D eigenvalue weighted by molar-refractivity contribution is 6.30. The summed E-state index contributed by atoms with van der Waals surface area (Å²) in [7, 11) is 0. The van der Waals surface area contributed by atoms with Gasteiger partial charge < -0.3 is 5.32 Å². The van der Waals surface area contributed by atoms with Crippen LogP contribution in [0, 0.1) is 0 Å². The predicted octanol–water partition coefficient (Wildman–Crippen LogP) is 6.50. The third kappa shape index (κ3) is 4.71. The first-order chi connectivity index (χ1) is 12.8. The van der Waals surface area contributed by atoms with Gasteiger partial charge in [-0.1, -0.05) is 72.3 Å². The normalized spacial score (nSPS) is 17.4. The minimum Gasteiger partial charge on any atom is -0.343 e. The molecule has 138 valence electrons. The molecule has 1 aliphatic heterocycles. The molecule has 1 N–H and O–H groups in total. The van der Waals surface area contributed by atoms with Gasteiger partial charge in [0, 0.05) is 16.6 Å². The molecule has 0 bridgehead atoms. The Morgan fingerprint density at radius 1 is 0.889 bits per heavy atom. The lowest BCUT2D eigenvalue weighted by molar-refractivity contribution is 0.770. The van der Waals surface area contributed by atoms with Crippen molar-refractivity contribution in [3.05, 3.63) is 101 Å². The average molecular weight is 397 g/mol. The number of nitrogens with zero attached hydrogens (tertiary/aromatic N) is 1. The number of rotatable bonds is 3.